The third-order valence-corrected chi connectivity index (χ3v) is 5.77. The Labute approximate surface area is 165 Å². The summed E-state index contributed by atoms with van der Waals surface area (Å²) in [5, 5.41) is 6.99. The summed E-state index contributed by atoms with van der Waals surface area (Å²) in [5.41, 5.74) is 6.62. The van der Waals surface area contributed by atoms with Crippen LogP contribution in [0.15, 0.2) is 34.6 Å². The number of ether oxygens (including phenoxy) is 1. The van der Waals surface area contributed by atoms with E-state index in [1.54, 1.807) is 12.1 Å². The minimum atomic E-state index is 0.0533. The Morgan fingerprint density at radius 2 is 2.15 bits per heavy atom. The van der Waals surface area contributed by atoms with E-state index in [9.17, 15) is 4.79 Å². The molecule has 1 atom stereocenters. The van der Waals surface area contributed by atoms with Crippen LogP contribution in [0, 0.1) is 5.92 Å². The summed E-state index contributed by atoms with van der Waals surface area (Å²) < 4.78 is 5.42. The van der Waals surface area contributed by atoms with E-state index < -0.39 is 0 Å². The Kier molecular flexibility index (Phi) is 8.78. The average Bonchev–Trinajstić information content (AvgIpc) is 2.63. The van der Waals surface area contributed by atoms with E-state index in [1.807, 2.05) is 13.1 Å². The molecule has 5 nitrogen and oxygen atoms in total. The van der Waals surface area contributed by atoms with Crippen molar-refractivity contribution in [1.29, 1.82) is 0 Å². The van der Waals surface area contributed by atoms with Crippen molar-refractivity contribution in [2.24, 2.45) is 5.92 Å². The first-order chi connectivity index (χ1) is 12.5. The smallest absolute Gasteiger partial charge is 0.220 e. The van der Waals surface area contributed by atoms with Gasteiger partial charge in [0.1, 0.15) is 0 Å². The Balaban J connectivity index is 1.80. The van der Waals surface area contributed by atoms with Crippen LogP contribution in [-0.4, -0.2) is 38.8 Å². The van der Waals surface area contributed by atoms with Gasteiger partial charge < -0.3 is 21.1 Å². The fraction of sp³-hybridized carbons (Fsp3) is 0.526. The van der Waals surface area contributed by atoms with Crippen LogP contribution in [0.4, 0.5) is 5.69 Å². The normalized spacial score (nSPS) is 16.2. The van der Waals surface area contributed by atoms with E-state index in [-0.39, 0.29) is 11.9 Å². The molecule has 0 saturated carbocycles. The van der Waals surface area contributed by atoms with Crippen LogP contribution >= 0.6 is 23.4 Å². The quantitative estimate of drug-likeness (QED) is 0.439. The van der Waals surface area contributed by atoms with Gasteiger partial charge >= 0.3 is 0 Å². The van der Waals surface area contributed by atoms with Crippen molar-refractivity contribution < 1.29 is 9.53 Å². The van der Waals surface area contributed by atoms with Crippen LogP contribution < -0.4 is 16.4 Å². The summed E-state index contributed by atoms with van der Waals surface area (Å²) in [6, 6.07) is 5.50. The highest BCUT2D eigenvalue weighted by Gasteiger charge is 2.24. The van der Waals surface area contributed by atoms with Gasteiger partial charge in [-0.25, -0.2) is 0 Å². The lowest BCUT2D eigenvalue weighted by atomic mass is 9.91. The maximum atomic E-state index is 12.4. The van der Waals surface area contributed by atoms with Crippen molar-refractivity contribution in [3.8, 4) is 0 Å². The van der Waals surface area contributed by atoms with E-state index in [1.165, 1.54) is 11.8 Å². The summed E-state index contributed by atoms with van der Waals surface area (Å²) in [6.45, 7) is 6.37. The largest absolute Gasteiger partial charge is 0.398 e. The molecule has 1 aliphatic rings. The number of hydrogen-bond donors (Lipinski definition) is 3. The van der Waals surface area contributed by atoms with E-state index in [2.05, 4.69) is 17.2 Å². The van der Waals surface area contributed by atoms with E-state index >= 15 is 0 Å². The number of halogens is 1. The first-order valence-electron chi connectivity index (χ1n) is 8.92. The molecule has 2 rings (SSSR count). The van der Waals surface area contributed by atoms with Gasteiger partial charge in [0.25, 0.3) is 0 Å². The molecule has 0 bridgehead atoms. The molecule has 26 heavy (non-hydrogen) atoms. The topological polar surface area (TPSA) is 76.4 Å². The molecule has 1 fully saturated rings. The number of hydrogen-bond acceptors (Lipinski definition) is 5. The minimum absolute atomic E-state index is 0.0533. The number of anilines is 1. The molecule has 4 N–H and O–H groups in total. The monoisotopic (exact) mass is 397 g/mol. The van der Waals surface area contributed by atoms with Gasteiger partial charge in [-0.3, -0.25) is 4.79 Å². The number of likely N-dealkylation sites (N-methyl/N-ethyl adjacent to an activating group) is 1. The lowest BCUT2D eigenvalue weighted by molar-refractivity contribution is -0.122. The minimum Gasteiger partial charge on any atom is -0.398 e. The lowest BCUT2D eigenvalue weighted by Gasteiger charge is -2.31. The van der Waals surface area contributed by atoms with Gasteiger partial charge in [0.2, 0.25) is 5.91 Å². The third-order valence-electron chi connectivity index (χ3n) is 4.47. The average molecular weight is 398 g/mol. The van der Waals surface area contributed by atoms with Crippen LogP contribution in [0.3, 0.4) is 0 Å². The van der Waals surface area contributed by atoms with Gasteiger partial charge in [0, 0.05) is 47.8 Å². The molecule has 1 aliphatic heterocycles. The van der Waals surface area contributed by atoms with Gasteiger partial charge in [-0.05, 0) is 55.3 Å². The molecule has 0 aliphatic carbocycles. The Bertz CT molecular complexity index is 621. The van der Waals surface area contributed by atoms with E-state index in [0.29, 0.717) is 29.5 Å². The highest BCUT2D eigenvalue weighted by atomic mass is 35.5. The highest BCUT2D eigenvalue weighted by molar-refractivity contribution is 8.03. The second-order valence-corrected chi connectivity index (χ2v) is 8.16. The van der Waals surface area contributed by atoms with E-state index in [0.717, 1.165) is 42.4 Å². The number of allylic oxidation sites excluding steroid dienone is 1. The first kappa shape index (κ1) is 21.1. The van der Waals surface area contributed by atoms with Crippen molar-refractivity contribution >= 4 is 35.0 Å². The zero-order valence-corrected chi connectivity index (χ0v) is 16.8. The maximum Gasteiger partial charge on any atom is 0.220 e. The number of carbonyl (C=O) groups is 1. The number of nitrogen functional groups attached to an aromatic ring is 1. The SMILES string of the molecule is C=C(CCC(=O)NC(CNC)C1CCOCC1)Sc1cc(Cl)ccc1N. The fourth-order valence-electron chi connectivity index (χ4n) is 3.01. The molecule has 1 unspecified atom stereocenters. The van der Waals surface area contributed by atoms with Gasteiger partial charge in [0.05, 0.1) is 0 Å². The van der Waals surface area contributed by atoms with Gasteiger partial charge in [0.15, 0.2) is 0 Å². The molecule has 0 spiro atoms. The molecule has 7 heteroatoms. The summed E-state index contributed by atoms with van der Waals surface area (Å²) >= 11 is 7.48. The molecule has 144 valence electrons. The van der Waals surface area contributed by atoms with Crippen LogP contribution in [-0.2, 0) is 9.53 Å². The van der Waals surface area contributed by atoms with Crippen molar-refractivity contribution in [1.82, 2.24) is 10.6 Å². The summed E-state index contributed by atoms with van der Waals surface area (Å²) in [4.78, 5) is 14.1. The van der Waals surface area contributed by atoms with Gasteiger partial charge in [-0.15, -0.1) is 0 Å². The summed E-state index contributed by atoms with van der Waals surface area (Å²) in [6.07, 6.45) is 2.99. The molecule has 1 aromatic rings. The second-order valence-electron chi connectivity index (χ2n) is 6.50. The second kappa shape index (κ2) is 10.8. The maximum absolute atomic E-state index is 12.4. The zero-order valence-electron chi connectivity index (χ0n) is 15.2. The number of rotatable bonds is 9. The summed E-state index contributed by atoms with van der Waals surface area (Å²) in [5.74, 6) is 0.515. The van der Waals surface area contributed by atoms with E-state index in [4.69, 9.17) is 22.1 Å². The van der Waals surface area contributed by atoms with Crippen LogP contribution in [0.2, 0.25) is 5.02 Å². The number of benzene rings is 1. The first-order valence-corrected chi connectivity index (χ1v) is 10.1. The molecular weight excluding hydrogens is 370 g/mol. The Hall–Kier alpha value is -1.21. The van der Waals surface area contributed by atoms with Gasteiger partial charge in [-0.2, -0.15) is 0 Å². The van der Waals surface area contributed by atoms with Crippen molar-refractivity contribution in [2.75, 3.05) is 32.5 Å². The fourth-order valence-corrected chi connectivity index (χ4v) is 4.13. The number of nitrogens with two attached hydrogens (primary N) is 1. The van der Waals surface area contributed by atoms with Crippen LogP contribution in [0.25, 0.3) is 0 Å². The number of carbonyl (C=O) groups excluding carboxylic acids is 1. The molecule has 0 aromatic heterocycles. The van der Waals surface area contributed by atoms with Gasteiger partial charge in [-0.1, -0.05) is 29.9 Å². The lowest BCUT2D eigenvalue weighted by Crippen LogP contribution is -2.47. The highest BCUT2D eigenvalue weighted by Crippen LogP contribution is 2.34. The summed E-state index contributed by atoms with van der Waals surface area (Å²) in [7, 11) is 1.91. The molecule has 1 heterocycles. The number of nitrogens with one attached hydrogen (secondary N) is 2. The number of thioether (sulfide) groups is 1. The van der Waals surface area contributed by atoms with Crippen molar-refractivity contribution in [3.63, 3.8) is 0 Å². The molecule has 1 aromatic carbocycles. The van der Waals surface area contributed by atoms with Crippen LogP contribution in [0.1, 0.15) is 25.7 Å². The Morgan fingerprint density at radius 3 is 2.85 bits per heavy atom. The molecule has 1 saturated heterocycles. The van der Waals surface area contributed by atoms with Crippen molar-refractivity contribution in [2.45, 2.75) is 36.6 Å². The predicted octanol–water partition coefficient (Wildman–Crippen LogP) is 3.44. The zero-order chi connectivity index (χ0) is 18.9. The number of amides is 1. The molecular formula is C19H28ClN3O2S. The standard InChI is InChI=1S/C19H28ClN3O2S/c1-13(26-18-11-15(20)4-5-16(18)21)3-6-19(24)23-17(12-22-2)14-7-9-25-10-8-14/h4-5,11,14,17,22H,1,3,6-10,12,21H2,2H3,(H,23,24). The van der Waals surface area contributed by atoms with Crippen LogP contribution in [0.5, 0.6) is 0 Å². The molecule has 1 amide bonds. The van der Waals surface area contributed by atoms with Crippen molar-refractivity contribution in [3.05, 3.63) is 34.7 Å². The predicted molar refractivity (Wildman–Crippen MR) is 109 cm³/mol. The Morgan fingerprint density at radius 1 is 1.42 bits per heavy atom. The molecule has 0 radical (unpaired) electrons. The third kappa shape index (κ3) is 6.83.